The van der Waals surface area contributed by atoms with Crippen molar-refractivity contribution in [1.82, 2.24) is 15.6 Å². The molecule has 0 bridgehead atoms. The van der Waals surface area contributed by atoms with Crippen LogP contribution in [-0.4, -0.2) is 47.0 Å². The SMILES string of the molecule is CCOC(=O)/C(C)=C/C(C)=C/c1coc([C@H](Cc2ccc(OCc3ccccc3)cc2)NC(=O)C(=O)[C@@H](NC(=O)OC(C)(C)C)[C@H](C)CC)n1. The number of aromatic nitrogens is 1. The van der Waals surface area contributed by atoms with E-state index in [2.05, 4.69) is 15.6 Å². The third kappa shape index (κ3) is 12.7. The van der Waals surface area contributed by atoms with Crippen molar-refractivity contribution < 1.29 is 37.8 Å². The van der Waals surface area contributed by atoms with Crippen LogP contribution in [-0.2, 0) is 36.9 Å². The fourth-order valence-corrected chi connectivity index (χ4v) is 4.85. The molecule has 0 fully saturated rings. The molecule has 3 rings (SSSR count). The molecule has 2 aromatic carbocycles. The monoisotopic (exact) mass is 687 g/mol. The van der Waals surface area contributed by atoms with Gasteiger partial charge in [-0.3, -0.25) is 9.59 Å². The minimum Gasteiger partial charge on any atom is -0.489 e. The summed E-state index contributed by atoms with van der Waals surface area (Å²) >= 11 is 0. The van der Waals surface area contributed by atoms with Gasteiger partial charge in [0.15, 0.2) is 0 Å². The van der Waals surface area contributed by atoms with Crippen molar-refractivity contribution in [3.63, 3.8) is 0 Å². The van der Waals surface area contributed by atoms with Gasteiger partial charge in [0.25, 0.3) is 5.91 Å². The van der Waals surface area contributed by atoms with E-state index in [-0.39, 0.29) is 24.8 Å². The number of oxazole rings is 1. The van der Waals surface area contributed by atoms with Crippen LogP contribution < -0.4 is 15.4 Å². The second kappa shape index (κ2) is 18.5. The van der Waals surface area contributed by atoms with E-state index in [0.717, 1.165) is 16.7 Å². The Morgan fingerprint density at radius 3 is 2.24 bits per heavy atom. The Morgan fingerprint density at radius 1 is 0.940 bits per heavy atom. The van der Waals surface area contributed by atoms with Gasteiger partial charge in [0.05, 0.1) is 6.61 Å². The summed E-state index contributed by atoms with van der Waals surface area (Å²) in [6.45, 7) is 14.7. The van der Waals surface area contributed by atoms with Crippen LogP contribution in [0, 0.1) is 5.92 Å². The molecule has 0 aliphatic heterocycles. The van der Waals surface area contributed by atoms with E-state index < -0.39 is 41.4 Å². The van der Waals surface area contributed by atoms with Crippen molar-refractivity contribution in [3.05, 3.63) is 101 Å². The second-order valence-electron chi connectivity index (χ2n) is 13.1. The van der Waals surface area contributed by atoms with Gasteiger partial charge in [-0.15, -0.1) is 0 Å². The van der Waals surface area contributed by atoms with Crippen LogP contribution in [0.5, 0.6) is 5.75 Å². The Labute approximate surface area is 294 Å². The number of allylic oxidation sites excluding steroid dienone is 2. The molecule has 1 aromatic heterocycles. The highest BCUT2D eigenvalue weighted by Gasteiger charge is 2.34. The van der Waals surface area contributed by atoms with Crippen molar-refractivity contribution in [1.29, 1.82) is 0 Å². The standard InChI is InChI=1S/C39H49N3O8/c1-9-26(4)33(42-38(46)50-39(6,7)8)34(43)35(44)41-32(22-28-16-18-31(19-17-28)48-23-29-14-12-11-13-15-29)36-40-30(24-49-36)21-25(3)20-27(5)37(45)47-10-2/h11-21,24,26,32-33H,9-10,22-23H2,1-8H3,(H,41,44)(H,42,46)/b25-21+,27-20+/t26-,32+,33+/m1/s1. The topological polar surface area (TPSA) is 146 Å². The first kappa shape index (κ1) is 39.3. The fourth-order valence-electron chi connectivity index (χ4n) is 4.85. The molecule has 0 aliphatic rings. The van der Waals surface area contributed by atoms with Gasteiger partial charge in [0.1, 0.15) is 42.0 Å². The van der Waals surface area contributed by atoms with Gasteiger partial charge >= 0.3 is 12.1 Å². The normalized spacial score (nSPS) is 13.8. The molecule has 0 unspecified atom stereocenters. The van der Waals surface area contributed by atoms with E-state index >= 15 is 0 Å². The second-order valence-corrected chi connectivity index (χ2v) is 13.1. The largest absolute Gasteiger partial charge is 0.489 e. The number of nitrogens with one attached hydrogen (secondary N) is 2. The average molecular weight is 688 g/mol. The highest BCUT2D eigenvalue weighted by atomic mass is 16.6. The number of rotatable bonds is 16. The van der Waals surface area contributed by atoms with Crippen molar-refractivity contribution in [3.8, 4) is 5.75 Å². The number of benzene rings is 2. The van der Waals surface area contributed by atoms with Crippen LogP contribution in [0.15, 0.2) is 82.5 Å². The Hall–Kier alpha value is -5.19. The summed E-state index contributed by atoms with van der Waals surface area (Å²) in [6.07, 6.45) is 4.80. The number of amides is 2. The Kier molecular flexibility index (Phi) is 14.6. The van der Waals surface area contributed by atoms with Crippen LogP contribution in [0.1, 0.15) is 90.6 Å². The maximum Gasteiger partial charge on any atom is 0.408 e. The predicted octanol–water partition coefficient (Wildman–Crippen LogP) is 7.07. The van der Waals surface area contributed by atoms with Gasteiger partial charge < -0.3 is 29.3 Å². The number of Topliss-reactive ketones (excluding diaryl/α,β-unsaturated/α-hetero) is 1. The summed E-state index contributed by atoms with van der Waals surface area (Å²) in [5.74, 6) is -1.65. The lowest BCUT2D eigenvalue weighted by atomic mass is 9.94. The zero-order valence-corrected chi connectivity index (χ0v) is 30.2. The van der Waals surface area contributed by atoms with Crippen molar-refractivity contribution >= 4 is 29.8 Å². The number of ketones is 1. The molecular formula is C39H49N3O8. The highest BCUT2D eigenvalue weighted by Crippen LogP contribution is 2.23. The zero-order valence-electron chi connectivity index (χ0n) is 30.2. The maximum atomic E-state index is 13.5. The van der Waals surface area contributed by atoms with Gasteiger partial charge in [-0.2, -0.15) is 0 Å². The fraction of sp³-hybridized carbons (Fsp3) is 0.410. The quantitative estimate of drug-likeness (QED) is 0.0698. The Balaban J connectivity index is 1.86. The summed E-state index contributed by atoms with van der Waals surface area (Å²) in [6, 6.07) is 15.2. The van der Waals surface area contributed by atoms with E-state index in [4.69, 9.17) is 18.6 Å². The van der Waals surface area contributed by atoms with E-state index in [9.17, 15) is 19.2 Å². The minimum absolute atomic E-state index is 0.167. The Morgan fingerprint density at radius 2 is 1.62 bits per heavy atom. The van der Waals surface area contributed by atoms with E-state index in [0.29, 0.717) is 30.0 Å². The maximum absolute atomic E-state index is 13.5. The zero-order chi connectivity index (χ0) is 36.8. The highest BCUT2D eigenvalue weighted by molar-refractivity contribution is 6.38. The molecule has 0 spiro atoms. The molecule has 2 N–H and O–H groups in total. The minimum atomic E-state index is -1.11. The first-order valence-corrected chi connectivity index (χ1v) is 16.8. The number of nitrogens with zero attached hydrogens (tertiary/aromatic N) is 1. The third-order valence-corrected chi connectivity index (χ3v) is 7.56. The van der Waals surface area contributed by atoms with Crippen molar-refractivity contribution in [2.24, 2.45) is 5.92 Å². The van der Waals surface area contributed by atoms with Gasteiger partial charge in [0.2, 0.25) is 11.7 Å². The number of alkyl carbamates (subject to hydrolysis) is 1. The Bertz CT molecular complexity index is 1650. The molecule has 3 aromatic rings. The smallest absolute Gasteiger partial charge is 0.408 e. The molecule has 2 amide bonds. The molecule has 268 valence electrons. The van der Waals surface area contributed by atoms with Crippen molar-refractivity contribution in [2.75, 3.05) is 6.61 Å². The summed E-state index contributed by atoms with van der Waals surface area (Å²) in [5.41, 5.74) is 2.67. The number of carbonyl (C=O) groups is 4. The van der Waals surface area contributed by atoms with Crippen LogP contribution in [0.4, 0.5) is 4.79 Å². The molecule has 11 heteroatoms. The summed E-state index contributed by atoms with van der Waals surface area (Å²) in [5, 5.41) is 5.37. The molecular weight excluding hydrogens is 638 g/mol. The molecule has 0 aliphatic carbocycles. The first-order chi connectivity index (χ1) is 23.7. The van der Waals surface area contributed by atoms with Crippen LogP contribution >= 0.6 is 0 Å². The molecule has 0 saturated carbocycles. The van der Waals surface area contributed by atoms with E-state index in [1.54, 1.807) is 53.7 Å². The molecule has 11 nitrogen and oxygen atoms in total. The number of hydrogen-bond donors (Lipinski definition) is 2. The molecule has 0 radical (unpaired) electrons. The van der Waals surface area contributed by atoms with Crippen LogP contribution in [0.2, 0.25) is 0 Å². The molecule has 3 atom stereocenters. The summed E-state index contributed by atoms with van der Waals surface area (Å²) in [7, 11) is 0. The molecule has 50 heavy (non-hydrogen) atoms. The predicted molar refractivity (Wildman–Crippen MR) is 190 cm³/mol. The lowest BCUT2D eigenvalue weighted by molar-refractivity contribution is -0.140. The number of carbonyl (C=O) groups excluding carboxylic acids is 4. The average Bonchev–Trinajstić information content (AvgIpc) is 3.53. The first-order valence-electron chi connectivity index (χ1n) is 16.8. The third-order valence-electron chi connectivity index (χ3n) is 7.56. The summed E-state index contributed by atoms with van der Waals surface area (Å²) < 4.78 is 22.1. The van der Waals surface area contributed by atoms with Gasteiger partial charge in [-0.25, -0.2) is 14.6 Å². The number of hydrogen-bond acceptors (Lipinski definition) is 9. The van der Waals surface area contributed by atoms with Crippen LogP contribution in [0.25, 0.3) is 6.08 Å². The lowest BCUT2D eigenvalue weighted by Gasteiger charge is -2.26. The van der Waals surface area contributed by atoms with E-state index in [1.807, 2.05) is 68.4 Å². The number of ether oxygens (including phenoxy) is 3. The lowest BCUT2D eigenvalue weighted by Crippen LogP contribution is -2.52. The van der Waals surface area contributed by atoms with Gasteiger partial charge in [-0.1, -0.05) is 62.7 Å². The van der Waals surface area contributed by atoms with Gasteiger partial charge in [0, 0.05) is 12.0 Å². The van der Waals surface area contributed by atoms with E-state index in [1.165, 1.54) is 6.26 Å². The summed E-state index contributed by atoms with van der Waals surface area (Å²) in [4.78, 5) is 56.3. The van der Waals surface area contributed by atoms with Gasteiger partial charge in [-0.05, 0) is 88.4 Å². The molecule has 1 heterocycles. The molecule has 0 saturated heterocycles. The van der Waals surface area contributed by atoms with Crippen LogP contribution in [0.3, 0.4) is 0 Å². The van der Waals surface area contributed by atoms with Crippen molar-refractivity contribution in [2.45, 2.75) is 92.5 Å². The number of esters is 1.